The minimum Gasteiger partial charge on any atom is -0.481 e. The molecule has 0 aromatic carbocycles. The highest BCUT2D eigenvalue weighted by molar-refractivity contribution is 5.66. The summed E-state index contributed by atoms with van der Waals surface area (Å²) in [7, 11) is 0. The first-order valence-corrected chi connectivity index (χ1v) is 7.23. The van der Waals surface area contributed by atoms with Crippen LogP contribution in [0.15, 0.2) is 0 Å². The van der Waals surface area contributed by atoms with Crippen molar-refractivity contribution in [1.82, 2.24) is 0 Å². The number of carboxylic acid groups (broad SMARTS) is 1. The molecule has 0 fully saturated rings. The molecule has 0 spiro atoms. The zero-order valence-corrected chi connectivity index (χ0v) is 12.4. The van der Waals surface area contributed by atoms with E-state index in [1.54, 1.807) is 0 Å². The van der Waals surface area contributed by atoms with Gasteiger partial charge in [0.25, 0.3) is 5.97 Å². The van der Waals surface area contributed by atoms with E-state index in [1.807, 2.05) is 20.8 Å². The molecule has 0 aromatic heterocycles. The summed E-state index contributed by atoms with van der Waals surface area (Å²) < 4.78 is 17.2. The van der Waals surface area contributed by atoms with Crippen LogP contribution in [-0.4, -0.2) is 36.9 Å². The summed E-state index contributed by atoms with van der Waals surface area (Å²) in [5.41, 5.74) is 0. The lowest BCUT2D eigenvalue weighted by Crippen LogP contribution is -2.40. The van der Waals surface area contributed by atoms with Crippen molar-refractivity contribution in [2.45, 2.75) is 65.3 Å². The molecule has 0 aromatic rings. The maximum atomic E-state index is 10.6. The van der Waals surface area contributed by atoms with Crippen molar-refractivity contribution in [2.75, 3.05) is 19.8 Å². The molecular weight excluding hydrogens is 248 g/mol. The van der Waals surface area contributed by atoms with E-state index in [-0.39, 0.29) is 6.42 Å². The van der Waals surface area contributed by atoms with Crippen molar-refractivity contribution in [3.8, 4) is 0 Å². The number of carbonyl (C=O) groups is 1. The van der Waals surface area contributed by atoms with Gasteiger partial charge in [0.05, 0.1) is 19.8 Å². The minimum absolute atomic E-state index is 0.0994. The number of hydrogen-bond acceptors (Lipinski definition) is 4. The fourth-order valence-electron chi connectivity index (χ4n) is 1.57. The Labute approximate surface area is 116 Å². The lowest BCUT2D eigenvalue weighted by atomic mass is 10.2. The Morgan fingerprint density at radius 3 is 1.68 bits per heavy atom. The summed E-state index contributed by atoms with van der Waals surface area (Å²) in [5, 5.41) is 8.72. The number of hydrogen-bond donors (Lipinski definition) is 1. The van der Waals surface area contributed by atoms with Gasteiger partial charge in [-0.3, -0.25) is 4.79 Å². The zero-order valence-electron chi connectivity index (χ0n) is 12.4. The second-order valence-corrected chi connectivity index (χ2v) is 4.48. The Morgan fingerprint density at radius 1 is 0.947 bits per heavy atom. The summed E-state index contributed by atoms with van der Waals surface area (Å²) in [4.78, 5) is 10.6. The Morgan fingerprint density at radius 2 is 1.37 bits per heavy atom. The zero-order chi connectivity index (χ0) is 14.6. The van der Waals surface area contributed by atoms with Gasteiger partial charge in [0, 0.05) is 12.8 Å². The lowest BCUT2D eigenvalue weighted by Gasteiger charge is -2.33. The van der Waals surface area contributed by atoms with Crippen LogP contribution < -0.4 is 0 Å². The first kappa shape index (κ1) is 18.4. The van der Waals surface area contributed by atoms with Gasteiger partial charge < -0.3 is 19.3 Å². The molecular formula is C14H28O5. The fraction of sp³-hybridized carbons (Fsp3) is 0.929. The standard InChI is InChI=1S/C14H28O5/c1-4-10-17-14(18-11-5-2,19-12-6-3)9-7-8-13(15)16/h4-12H2,1-3H3,(H,15,16). The SMILES string of the molecule is CCCOC(CCCC(=O)O)(OCCC)OCCC. The van der Waals surface area contributed by atoms with Crippen LogP contribution in [0.2, 0.25) is 0 Å². The van der Waals surface area contributed by atoms with Crippen molar-refractivity contribution in [3.63, 3.8) is 0 Å². The van der Waals surface area contributed by atoms with Crippen molar-refractivity contribution in [3.05, 3.63) is 0 Å². The molecule has 0 radical (unpaired) electrons. The molecule has 0 amide bonds. The quantitative estimate of drug-likeness (QED) is 0.523. The van der Waals surface area contributed by atoms with Crippen molar-refractivity contribution in [1.29, 1.82) is 0 Å². The van der Waals surface area contributed by atoms with Crippen LogP contribution in [0.4, 0.5) is 0 Å². The maximum Gasteiger partial charge on any atom is 0.303 e. The van der Waals surface area contributed by atoms with Crippen molar-refractivity contribution < 1.29 is 24.1 Å². The summed E-state index contributed by atoms with van der Waals surface area (Å²) in [6, 6.07) is 0. The van der Waals surface area contributed by atoms with E-state index >= 15 is 0 Å². The van der Waals surface area contributed by atoms with E-state index in [4.69, 9.17) is 19.3 Å². The van der Waals surface area contributed by atoms with E-state index in [9.17, 15) is 4.79 Å². The smallest absolute Gasteiger partial charge is 0.303 e. The molecule has 0 saturated carbocycles. The predicted molar refractivity (Wildman–Crippen MR) is 72.9 cm³/mol. The number of carboxylic acids is 1. The summed E-state index contributed by atoms with van der Waals surface area (Å²) in [6.07, 6.45) is 3.62. The topological polar surface area (TPSA) is 65.0 Å². The normalized spacial score (nSPS) is 11.7. The molecule has 114 valence electrons. The Hall–Kier alpha value is -0.650. The highest BCUT2D eigenvalue weighted by Crippen LogP contribution is 2.24. The first-order chi connectivity index (χ1) is 9.10. The second kappa shape index (κ2) is 11.2. The van der Waals surface area contributed by atoms with Gasteiger partial charge >= 0.3 is 5.97 Å². The van der Waals surface area contributed by atoms with E-state index < -0.39 is 11.9 Å². The van der Waals surface area contributed by atoms with Crippen LogP contribution in [0, 0.1) is 0 Å². The first-order valence-electron chi connectivity index (χ1n) is 7.23. The third-order valence-electron chi connectivity index (χ3n) is 2.45. The molecule has 0 atom stereocenters. The predicted octanol–water partition coefficient (Wildman–Crippen LogP) is 3.17. The van der Waals surface area contributed by atoms with Crippen LogP contribution in [0.3, 0.4) is 0 Å². The summed E-state index contributed by atoms with van der Waals surface area (Å²) >= 11 is 0. The van der Waals surface area contributed by atoms with Gasteiger partial charge in [-0.2, -0.15) is 0 Å². The van der Waals surface area contributed by atoms with Gasteiger partial charge in [0.2, 0.25) is 0 Å². The van der Waals surface area contributed by atoms with Crippen LogP contribution in [0.5, 0.6) is 0 Å². The average Bonchev–Trinajstić information content (AvgIpc) is 2.39. The van der Waals surface area contributed by atoms with Crippen molar-refractivity contribution in [2.24, 2.45) is 0 Å². The highest BCUT2D eigenvalue weighted by Gasteiger charge is 2.32. The van der Waals surface area contributed by atoms with Crippen LogP contribution in [-0.2, 0) is 19.0 Å². The van der Waals surface area contributed by atoms with E-state index in [1.165, 1.54) is 0 Å². The molecule has 0 rings (SSSR count). The second-order valence-electron chi connectivity index (χ2n) is 4.48. The third-order valence-corrected chi connectivity index (χ3v) is 2.45. The molecule has 0 aliphatic heterocycles. The Kier molecular flexibility index (Phi) is 10.8. The molecule has 0 bridgehead atoms. The largest absolute Gasteiger partial charge is 0.481 e. The summed E-state index contributed by atoms with van der Waals surface area (Å²) in [6.45, 7) is 7.67. The molecule has 19 heavy (non-hydrogen) atoms. The molecule has 0 aliphatic rings. The monoisotopic (exact) mass is 276 g/mol. The van der Waals surface area contributed by atoms with Crippen molar-refractivity contribution >= 4 is 5.97 Å². The van der Waals surface area contributed by atoms with Gasteiger partial charge in [-0.25, -0.2) is 0 Å². The lowest BCUT2D eigenvalue weighted by molar-refractivity contribution is -0.383. The highest BCUT2D eigenvalue weighted by atomic mass is 16.9. The van der Waals surface area contributed by atoms with E-state index in [2.05, 4.69) is 0 Å². The van der Waals surface area contributed by atoms with Gasteiger partial charge in [-0.1, -0.05) is 20.8 Å². The molecule has 1 N–H and O–H groups in total. The van der Waals surface area contributed by atoms with Gasteiger partial charge in [-0.15, -0.1) is 0 Å². The van der Waals surface area contributed by atoms with Gasteiger partial charge in [-0.05, 0) is 25.7 Å². The molecule has 0 saturated heterocycles. The number of ether oxygens (including phenoxy) is 3. The summed E-state index contributed by atoms with van der Waals surface area (Å²) in [5.74, 6) is -1.88. The molecule has 0 aliphatic carbocycles. The minimum atomic E-state index is -1.07. The van der Waals surface area contributed by atoms with Gasteiger partial charge in [0.1, 0.15) is 0 Å². The maximum absolute atomic E-state index is 10.6. The Balaban J connectivity index is 4.51. The van der Waals surface area contributed by atoms with Crippen LogP contribution in [0.1, 0.15) is 59.3 Å². The molecule has 0 unspecified atom stereocenters. The van der Waals surface area contributed by atoms with Gasteiger partial charge in [0.15, 0.2) is 0 Å². The van der Waals surface area contributed by atoms with E-state index in [0.29, 0.717) is 32.7 Å². The van der Waals surface area contributed by atoms with Crippen LogP contribution in [0.25, 0.3) is 0 Å². The number of aliphatic carboxylic acids is 1. The van der Waals surface area contributed by atoms with E-state index in [0.717, 1.165) is 19.3 Å². The Bertz CT molecular complexity index is 208. The fourth-order valence-corrected chi connectivity index (χ4v) is 1.57. The average molecular weight is 276 g/mol. The molecule has 0 heterocycles. The number of rotatable bonds is 13. The third kappa shape index (κ3) is 8.97. The van der Waals surface area contributed by atoms with Crippen LogP contribution >= 0.6 is 0 Å². The molecule has 5 nitrogen and oxygen atoms in total. The molecule has 5 heteroatoms.